The third-order valence-corrected chi connectivity index (χ3v) is 4.37. The highest BCUT2D eigenvalue weighted by Gasteiger charge is 2.30. The quantitative estimate of drug-likeness (QED) is 0.838. The molecule has 0 aliphatic rings. The molecule has 0 saturated carbocycles. The fourth-order valence-electron chi connectivity index (χ4n) is 1.61. The number of halogens is 1. The Morgan fingerprint density at radius 2 is 2.05 bits per heavy atom. The molecule has 0 aliphatic heterocycles. The van der Waals surface area contributed by atoms with Crippen LogP contribution in [0.2, 0.25) is 0 Å². The molecule has 0 radical (unpaired) electrons. The number of nitrogens with zero attached hydrogens (tertiary/aromatic N) is 1. The summed E-state index contributed by atoms with van der Waals surface area (Å²) in [6, 6.07) is 4.87. The van der Waals surface area contributed by atoms with Gasteiger partial charge < -0.3 is 5.32 Å². The van der Waals surface area contributed by atoms with E-state index in [2.05, 4.69) is 10.0 Å². The second-order valence-electron chi connectivity index (χ2n) is 5.01. The van der Waals surface area contributed by atoms with E-state index in [0.717, 1.165) is 12.1 Å². The van der Waals surface area contributed by atoms with E-state index >= 15 is 0 Å². The molecule has 21 heavy (non-hydrogen) atoms. The summed E-state index contributed by atoms with van der Waals surface area (Å²) in [4.78, 5) is 11.2. The number of rotatable bonds is 5. The minimum absolute atomic E-state index is 0.184. The van der Waals surface area contributed by atoms with E-state index in [1.807, 2.05) is 0 Å². The van der Waals surface area contributed by atoms with Gasteiger partial charge >= 0.3 is 0 Å². The minimum Gasteiger partial charge on any atom is -0.359 e. The van der Waals surface area contributed by atoms with Crippen LogP contribution in [0.25, 0.3) is 0 Å². The monoisotopic (exact) mass is 313 g/mol. The van der Waals surface area contributed by atoms with Gasteiger partial charge in [-0.2, -0.15) is 5.26 Å². The van der Waals surface area contributed by atoms with Gasteiger partial charge in [0.15, 0.2) is 0 Å². The van der Waals surface area contributed by atoms with Crippen LogP contribution in [0.3, 0.4) is 0 Å². The topological polar surface area (TPSA) is 99.1 Å². The number of nitrogens with one attached hydrogen (secondary N) is 2. The first-order chi connectivity index (χ1) is 9.65. The smallest absolute Gasteiger partial charge is 0.242 e. The molecular weight excluding hydrogens is 297 g/mol. The molecule has 0 unspecified atom stereocenters. The molecule has 0 bridgehead atoms. The standard InChI is InChI=1S/C13H16FN3O3S/c1-13(2,12(18)16-3)8-17-21(19,20)11-6-4-5-10(14)9(11)7-15/h4-6,17H,8H2,1-3H3,(H,16,18). The van der Waals surface area contributed by atoms with E-state index in [9.17, 15) is 17.6 Å². The highest BCUT2D eigenvalue weighted by atomic mass is 32.2. The van der Waals surface area contributed by atoms with Crippen LogP contribution in [-0.2, 0) is 14.8 Å². The molecule has 0 fully saturated rings. The Morgan fingerprint density at radius 1 is 1.43 bits per heavy atom. The molecule has 6 nitrogen and oxygen atoms in total. The lowest BCUT2D eigenvalue weighted by Crippen LogP contribution is -2.43. The summed E-state index contributed by atoms with van der Waals surface area (Å²) in [5.74, 6) is -1.25. The Hall–Kier alpha value is -1.98. The normalized spacial score (nSPS) is 11.8. The van der Waals surface area contributed by atoms with Crippen molar-refractivity contribution in [1.29, 1.82) is 5.26 Å². The second kappa shape index (κ2) is 6.20. The first-order valence-corrected chi connectivity index (χ1v) is 7.54. The summed E-state index contributed by atoms with van der Waals surface area (Å²) in [5, 5.41) is 11.3. The van der Waals surface area contributed by atoms with Gasteiger partial charge in [0.1, 0.15) is 22.3 Å². The molecule has 0 atom stereocenters. The van der Waals surface area contributed by atoms with Crippen molar-refractivity contribution in [3.63, 3.8) is 0 Å². The molecule has 114 valence electrons. The lowest BCUT2D eigenvalue weighted by molar-refractivity contribution is -0.128. The zero-order chi connectivity index (χ0) is 16.3. The molecule has 0 aromatic heterocycles. The van der Waals surface area contributed by atoms with Crippen molar-refractivity contribution in [2.75, 3.05) is 13.6 Å². The number of nitriles is 1. The average molecular weight is 313 g/mol. The number of amides is 1. The number of hydrogen-bond acceptors (Lipinski definition) is 4. The lowest BCUT2D eigenvalue weighted by Gasteiger charge is -2.22. The number of hydrogen-bond donors (Lipinski definition) is 2. The van der Waals surface area contributed by atoms with E-state index in [1.165, 1.54) is 19.2 Å². The van der Waals surface area contributed by atoms with Crippen molar-refractivity contribution in [3.05, 3.63) is 29.6 Å². The Kier molecular flexibility index (Phi) is 5.04. The fraction of sp³-hybridized carbons (Fsp3) is 0.385. The van der Waals surface area contributed by atoms with E-state index < -0.39 is 31.7 Å². The summed E-state index contributed by atoms with van der Waals surface area (Å²) in [6.07, 6.45) is 0. The van der Waals surface area contributed by atoms with Gasteiger partial charge in [-0.25, -0.2) is 17.5 Å². The first kappa shape index (κ1) is 17.1. The third kappa shape index (κ3) is 3.77. The molecule has 2 N–H and O–H groups in total. The molecule has 0 aliphatic carbocycles. The predicted molar refractivity (Wildman–Crippen MR) is 74.2 cm³/mol. The Labute approximate surface area is 123 Å². The maximum absolute atomic E-state index is 13.5. The summed E-state index contributed by atoms with van der Waals surface area (Å²) >= 11 is 0. The Morgan fingerprint density at radius 3 is 2.57 bits per heavy atom. The summed E-state index contributed by atoms with van der Waals surface area (Å²) in [5.41, 5.74) is -1.54. The van der Waals surface area contributed by atoms with Crippen LogP contribution in [0.4, 0.5) is 4.39 Å². The van der Waals surface area contributed by atoms with E-state index in [-0.39, 0.29) is 12.5 Å². The molecule has 1 rings (SSSR count). The van der Waals surface area contributed by atoms with Crippen molar-refractivity contribution in [1.82, 2.24) is 10.0 Å². The molecule has 0 saturated heterocycles. The zero-order valence-corrected chi connectivity index (χ0v) is 12.7. The van der Waals surface area contributed by atoms with Gasteiger partial charge in [0.2, 0.25) is 15.9 Å². The number of sulfonamides is 1. The van der Waals surface area contributed by atoms with E-state index in [1.54, 1.807) is 13.8 Å². The fourth-order valence-corrected chi connectivity index (χ4v) is 2.98. The van der Waals surface area contributed by atoms with Crippen molar-refractivity contribution in [3.8, 4) is 6.07 Å². The van der Waals surface area contributed by atoms with Gasteiger partial charge in [-0.15, -0.1) is 0 Å². The zero-order valence-electron chi connectivity index (χ0n) is 11.9. The average Bonchev–Trinajstić information content (AvgIpc) is 2.44. The minimum atomic E-state index is -4.09. The molecular formula is C13H16FN3O3S. The molecule has 0 heterocycles. The van der Waals surface area contributed by atoms with Crippen LogP contribution < -0.4 is 10.0 Å². The third-order valence-electron chi connectivity index (χ3n) is 2.92. The Balaban J connectivity index is 3.07. The number of benzene rings is 1. The summed E-state index contributed by atoms with van der Waals surface area (Å²) in [7, 11) is -2.65. The van der Waals surface area contributed by atoms with Gasteiger partial charge in [-0.05, 0) is 26.0 Å². The van der Waals surface area contributed by atoms with Crippen molar-refractivity contribution >= 4 is 15.9 Å². The molecule has 8 heteroatoms. The van der Waals surface area contributed by atoms with Gasteiger partial charge in [0.05, 0.1) is 5.41 Å². The van der Waals surface area contributed by atoms with Crippen LogP contribution >= 0.6 is 0 Å². The van der Waals surface area contributed by atoms with Crippen LogP contribution in [0.15, 0.2) is 23.1 Å². The Bertz CT molecular complexity index is 693. The summed E-state index contributed by atoms with van der Waals surface area (Å²) < 4.78 is 40.0. The molecule has 1 amide bonds. The van der Waals surface area contributed by atoms with Gasteiger partial charge in [-0.3, -0.25) is 4.79 Å². The van der Waals surface area contributed by atoms with Crippen LogP contribution in [0.5, 0.6) is 0 Å². The van der Waals surface area contributed by atoms with Crippen LogP contribution in [-0.4, -0.2) is 27.9 Å². The molecule has 0 spiro atoms. The van der Waals surface area contributed by atoms with Crippen molar-refractivity contribution in [2.24, 2.45) is 5.41 Å². The largest absolute Gasteiger partial charge is 0.359 e. The van der Waals surface area contributed by atoms with Gasteiger partial charge in [0, 0.05) is 13.6 Å². The molecule has 1 aromatic rings. The van der Waals surface area contributed by atoms with Crippen molar-refractivity contribution in [2.45, 2.75) is 18.7 Å². The van der Waals surface area contributed by atoms with E-state index in [0.29, 0.717) is 0 Å². The lowest BCUT2D eigenvalue weighted by atomic mass is 9.93. The second-order valence-corrected chi connectivity index (χ2v) is 6.75. The van der Waals surface area contributed by atoms with Crippen LogP contribution in [0.1, 0.15) is 19.4 Å². The predicted octanol–water partition coefficient (Wildman–Crippen LogP) is 0.748. The first-order valence-electron chi connectivity index (χ1n) is 6.06. The SMILES string of the molecule is CNC(=O)C(C)(C)CNS(=O)(=O)c1cccc(F)c1C#N. The van der Waals surface area contributed by atoms with Gasteiger partial charge in [-0.1, -0.05) is 6.07 Å². The summed E-state index contributed by atoms with van der Waals surface area (Å²) in [6.45, 7) is 2.94. The highest BCUT2D eigenvalue weighted by molar-refractivity contribution is 7.89. The number of carbonyl (C=O) groups excluding carboxylic acids is 1. The van der Waals surface area contributed by atoms with Crippen LogP contribution in [0, 0.1) is 22.6 Å². The number of carbonyl (C=O) groups is 1. The van der Waals surface area contributed by atoms with Gasteiger partial charge in [0.25, 0.3) is 0 Å². The highest BCUT2D eigenvalue weighted by Crippen LogP contribution is 2.20. The van der Waals surface area contributed by atoms with E-state index in [4.69, 9.17) is 5.26 Å². The van der Waals surface area contributed by atoms with Crippen molar-refractivity contribution < 1.29 is 17.6 Å². The molecule has 1 aromatic carbocycles. The maximum atomic E-state index is 13.5. The maximum Gasteiger partial charge on any atom is 0.242 e.